The van der Waals surface area contributed by atoms with Crippen molar-refractivity contribution in [1.82, 2.24) is 5.32 Å². The Labute approximate surface area is 102 Å². The first-order valence-electron chi connectivity index (χ1n) is 5.98. The second-order valence-corrected chi connectivity index (χ2v) is 4.70. The molecular formula is C13H19N3O. The number of carbonyl (C=O) groups excluding carboxylic acids is 1. The summed E-state index contributed by atoms with van der Waals surface area (Å²) in [5, 5.41) is 6.26. The molecule has 0 aromatic heterocycles. The van der Waals surface area contributed by atoms with Crippen LogP contribution in [0.3, 0.4) is 0 Å². The van der Waals surface area contributed by atoms with Crippen LogP contribution in [0.4, 0.5) is 5.69 Å². The van der Waals surface area contributed by atoms with Gasteiger partial charge >= 0.3 is 0 Å². The van der Waals surface area contributed by atoms with Crippen molar-refractivity contribution in [2.75, 3.05) is 5.32 Å². The van der Waals surface area contributed by atoms with Gasteiger partial charge in [-0.15, -0.1) is 0 Å². The summed E-state index contributed by atoms with van der Waals surface area (Å²) in [5.41, 5.74) is 9.18. The van der Waals surface area contributed by atoms with Crippen LogP contribution >= 0.6 is 0 Å². The highest BCUT2D eigenvalue weighted by Gasteiger charge is 2.19. The van der Waals surface area contributed by atoms with Gasteiger partial charge in [-0.05, 0) is 37.5 Å². The van der Waals surface area contributed by atoms with E-state index in [1.807, 2.05) is 6.07 Å². The molecule has 0 saturated carbocycles. The van der Waals surface area contributed by atoms with Gasteiger partial charge in [-0.2, -0.15) is 0 Å². The van der Waals surface area contributed by atoms with Gasteiger partial charge in [0.15, 0.2) is 0 Å². The van der Waals surface area contributed by atoms with Crippen molar-refractivity contribution in [3.05, 3.63) is 29.3 Å². The molecule has 2 atom stereocenters. The molecular weight excluding hydrogens is 214 g/mol. The first-order valence-corrected chi connectivity index (χ1v) is 5.98. The summed E-state index contributed by atoms with van der Waals surface area (Å²) in [6, 6.07) is 6.16. The average molecular weight is 233 g/mol. The van der Waals surface area contributed by atoms with Crippen LogP contribution < -0.4 is 16.4 Å². The van der Waals surface area contributed by atoms with Crippen molar-refractivity contribution in [3.63, 3.8) is 0 Å². The van der Waals surface area contributed by atoms with E-state index in [4.69, 9.17) is 5.73 Å². The second-order valence-electron chi connectivity index (χ2n) is 4.70. The normalized spacial score (nSPS) is 19.4. The fraction of sp³-hybridized carbons (Fsp3) is 0.462. The first kappa shape index (κ1) is 11.9. The smallest absolute Gasteiger partial charge is 0.236 e. The Morgan fingerprint density at radius 3 is 3.12 bits per heavy atom. The Hall–Kier alpha value is -1.55. The lowest BCUT2D eigenvalue weighted by molar-refractivity contribution is -0.122. The lowest BCUT2D eigenvalue weighted by atomic mass is 10.0. The fourth-order valence-electron chi connectivity index (χ4n) is 2.14. The summed E-state index contributed by atoms with van der Waals surface area (Å²) in [6.07, 6.45) is 1.01. The van der Waals surface area contributed by atoms with Gasteiger partial charge in [0.25, 0.3) is 0 Å². The van der Waals surface area contributed by atoms with Crippen molar-refractivity contribution < 1.29 is 4.79 Å². The summed E-state index contributed by atoms with van der Waals surface area (Å²) in [4.78, 5) is 11.4. The van der Waals surface area contributed by atoms with Gasteiger partial charge in [-0.25, -0.2) is 0 Å². The Morgan fingerprint density at radius 1 is 1.65 bits per heavy atom. The zero-order valence-electron chi connectivity index (χ0n) is 10.3. The van der Waals surface area contributed by atoms with E-state index in [1.54, 1.807) is 6.92 Å². The number of benzene rings is 1. The minimum atomic E-state index is -0.455. The summed E-state index contributed by atoms with van der Waals surface area (Å²) in [7, 11) is 0. The van der Waals surface area contributed by atoms with E-state index in [-0.39, 0.29) is 5.91 Å². The van der Waals surface area contributed by atoms with E-state index in [9.17, 15) is 4.79 Å². The molecule has 2 rings (SSSR count). The summed E-state index contributed by atoms with van der Waals surface area (Å²) in [6.45, 7) is 4.40. The molecule has 1 amide bonds. The molecule has 0 spiro atoms. The van der Waals surface area contributed by atoms with Crippen molar-refractivity contribution in [3.8, 4) is 0 Å². The molecule has 1 aromatic carbocycles. The Morgan fingerprint density at radius 2 is 2.41 bits per heavy atom. The Balaban J connectivity index is 2.08. The summed E-state index contributed by atoms with van der Waals surface area (Å²) in [5.74, 6) is -0.110. The third kappa shape index (κ3) is 2.58. The number of anilines is 1. The second kappa shape index (κ2) is 4.75. The number of fused-ring (bicyclic) bond motifs is 1. The molecule has 1 aromatic rings. The van der Waals surface area contributed by atoms with Crippen molar-refractivity contribution in [2.45, 2.75) is 38.9 Å². The van der Waals surface area contributed by atoms with Gasteiger partial charge in [-0.3, -0.25) is 4.79 Å². The summed E-state index contributed by atoms with van der Waals surface area (Å²) < 4.78 is 0. The third-order valence-electron chi connectivity index (χ3n) is 3.05. The molecule has 1 heterocycles. The van der Waals surface area contributed by atoms with Crippen LogP contribution in [0.15, 0.2) is 18.2 Å². The minimum Gasteiger partial charge on any atom is -0.382 e. The highest BCUT2D eigenvalue weighted by molar-refractivity contribution is 5.81. The number of amides is 1. The maximum Gasteiger partial charge on any atom is 0.236 e. The maximum absolute atomic E-state index is 11.4. The van der Waals surface area contributed by atoms with Crippen molar-refractivity contribution in [2.24, 2.45) is 5.73 Å². The maximum atomic E-state index is 11.4. The number of hydrogen-bond acceptors (Lipinski definition) is 3. The van der Waals surface area contributed by atoms with E-state index in [1.165, 1.54) is 16.8 Å². The molecule has 4 heteroatoms. The minimum absolute atomic E-state index is 0.110. The van der Waals surface area contributed by atoms with Crippen molar-refractivity contribution >= 4 is 11.6 Å². The third-order valence-corrected chi connectivity index (χ3v) is 3.05. The van der Waals surface area contributed by atoms with Crippen LogP contribution in [-0.4, -0.2) is 18.0 Å². The highest BCUT2D eigenvalue weighted by Crippen LogP contribution is 2.28. The Bertz CT molecular complexity index is 429. The molecule has 0 saturated heterocycles. The van der Waals surface area contributed by atoms with Crippen molar-refractivity contribution in [1.29, 1.82) is 0 Å². The lowest BCUT2D eigenvalue weighted by Crippen LogP contribution is -2.37. The van der Waals surface area contributed by atoms with Crippen LogP contribution in [0, 0.1) is 0 Å². The molecule has 4 N–H and O–H groups in total. The van der Waals surface area contributed by atoms with Crippen LogP contribution in [-0.2, 0) is 17.8 Å². The predicted octanol–water partition coefficient (Wildman–Crippen LogP) is 1.01. The first-order chi connectivity index (χ1) is 8.08. The van der Waals surface area contributed by atoms with Crippen LogP contribution in [0.2, 0.25) is 0 Å². The number of rotatable bonds is 3. The van der Waals surface area contributed by atoms with E-state index >= 15 is 0 Å². The topological polar surface area (TPSA) is 67.2 Å². The standard InChI is InChI=1S/C13H19N3O/c1-8-6-11-10(4-3-5-12(11)16-8)7-15-13(17)9(2)14/h3-5,8-9,16H,6-7,14H2,1-2H3,(H,15,17)/t8?,9-/m0/s1. The largest absolute Gasteiger partial charge is 0.382 e. The van der Waals surface area contributed by atoms with Gasteiger partial charge in [-0.1, -0.05) is 12.1 Å². The molecule has 0 radical (unpaired) electrons. The van der Waals surface area contributed by atoms with Crippen LogP contribution in [0.25, 0.3) is 0 Å². The molecule has 92 valence electrons. The van der Waals surface area contributed by atoms with E-state index in [0.29, 0.717) is 12.6 Å². The molecule has 1 aliphatic heterocycles. The number of nitrogens with one attached hydrogen (secondary N) is 2. The van der Waals surface area contributed by atoms with Gasteiger partial charge in [0.05, 0.1) is 6.04 Å². The quantitative estimate of drug-likeness (QED) is 0.730. The molecule has 0 bridgehead atoms. The summed E-state index contributed by atoms with van der Waals surface area (Å²) >= 11 is 0. The molecule has 17 heavy (non-hydrogen) atoms. The Kier molecular flexibility index (Phi) is 3.33. The van der Waals surface area contributed by atoms with E-state index in [2.05, 4.69) is 29.7 Å². The molecule has 0 fully saturated rings. The van der Waals surface area contributed by atoms with Crippen LogP contribution in [0.5, 0.6) is 0 Å². The fourth-order valence-corrected chi connectivity index (χ4v) is 2.14. The van der Waals surface area contributed by atoms with Crippen LogP contribution in [0.1, 0.15) is 25.0 Å². The lowest BCUT2D eigenvalue weighted by Gasteiger charge is -2.10. The monoisotopic (exact) mass is 233 g/mol. The SMILES string of the molecule is CC1Cc2c(CNC(=O)[C@H](C)N)cccc2N1. The van der Waals surface area contributed by atoms with E-state index < -0.39 is 6.04 Å². The molecule has 1 unspecified atom stereocenters. The van der Waals surface area contributed by atoms with Gasteiger partial charge in [0.1, 0.15) is 0 Å². The van der Waals surface area contributed by atoms with Gasteiger partial charge < -0.3 is 16.4 Å². The molecule has 4 nitrogen and oxygen atoms in total. The predicted molar refractivity (Wildman–Crippen MR) is 68.7 cm³/mol. The molecule has 0 aliphatic carbocycles. The number of nitrogens with two attached hydrogens (primary N) is 1. The number of hydrogen-bond donors (Lipinski definition) is 3. The highest BCUT2D eigenvalue weighted by atomic mass is 16.2. The van der Waals surface area contributed by atoms with E-state index in [0.717, 1.165) is 6.42 Å². The zero-order chi connectivity index (χ0) is 12.4. The average Bonchev–Trinajstić information content (AvgIpc) is 2.66. The zero-order valence-corrected chi connectivity index (χ0v) is 10.3. The molecule has 1 aliphatic rings. The number of carbonyl (C=O) groups is 1. The van der Waals surface area contributed by atoms with Gasteiger partial charge in [0.2, 0.25) is 5.91 Å². The van der Waals surface area contributed by atoms with Gasteiger partial charge in [0, 0.05) is 18.3 Å².